The number of nitrogens with two attached hydrogens (primary N) is 1. The zero-order valence-electron chi connectivity index (χ0n) is 9.67. The first kappa shape index (κ1) is 12.0. The first-order valence-electron chi connectivity index (χ1n) is 6.29. The Hall–Kier alpha value is -0.0800. The number of hydrogen-bond donors (Lipinski definition) is 1. The molecular formula is C12H26N2. The van der Waals surface area contributed by atoms with Gasteiger partial charge in [-0.3, -0.25) is 0 Å². The number of hydrogen-bond acceptors (Lipinski definition) is 2. The fourth-order valence-corrected chi connectivity index (χ4v) is 2.08. The summed E-state index contributed by atoms with van der Waals surface area (Å²) in [5.74, 6) is 1.02. The van der Waals surface area contributed by atoms with Gasteiger partial charge in [-0.15, -0.1) is 0 Å². The third-order valence-corrected chi connectivity index (χ3v) is 3.37. The van der Waals surface area contributed by atoms with Gasteiger partial charge in [0.05, 0.1) is 0 Å². The molecule has 1 saturated carbocycles. The minimum atomic E-state index is 0.856. The molecule has 0 aromatic rings. The van der Waals surface area contributed by atoms with E-state index >= 15 is 0 Å². The van der Waals surface area contributed by atoms with E-state index in [-0.39, 0.29) is 0 Å². The topological polar surface area (TPSA) is 29.3 Å². The Balaban J connectivity index is 1.99. The Kier molecular flexibility index (Phi) is 6.20. The van der Waals surface area contributed by atoms with Gasteiger partial charge in [-0.1, -0.05) is 19.8 Å². The number of nitrogens with zero attached hydrogens (tertiary/aromatic N) is 1. The molecule has 0 atom stereocenters. The van der Waals surface area contributed by atoms with E-state index in [2.05, 4.69) is 11.8 Å². The normalized spacial score (nSPS) is 17.4. The van der Waals surface area contributed by atoms with Gasteiger partial charge in [0.15, 0.2) is 0 Å². The standard InChI is InChI=1S/C12H26N2/c1-2-14(10-5-3-4-9-13)11-12-7-6-8-12/h12H,2-11,13H2,1H3. The number of unbranched alkanes of at least 4 members (excludes halogenated alkanes) is 2. The third-order valence-electron chi connectivity index (χ3n) is 3.37. The summed E-state index contributed by atoms with van der Waals surface area (Å²) in [6.45, 7) is 6.99. The summed E-state index contributed by atoms with van der Waals surface area (Å²) in [6.07, 6.45) is 8.24. The highest BCUT2D eigenvalue weighted by molar-refractivity contribution is 4.73. The zero-order valence-corrected chi connectivity index (χ0v) is 9.67. The smallest absolute Gasteiger partial charge is 0.000954 e. The van der Waals surface area contributed by atoms with E-state index in [4.69, 9.17) is 5.73 Å². The maximum Gasteiger partial charge on any atom is 0.000954 e. The van der Waals surface area contributed by atoms with Gasteiger partial charge in [-0.2, -0.15) is 0 Å². The van der Waals surface area contributed by atoms with Crippen molar-refractivity contribution in [3.63, 3.8) is 0 Å². The van der Waals surface area contributed by atoms with Crippen LogP contribution in [0.3, 0.4) is 0 Å². The molecule has 0 saturated heterocycles. The Morgan fingerprint density at radius 3 is 2.50 bits per heavy atom. The Morgan fingerprint density at radius 2 is 2.00 bits per heavy atom. The van der Waals surface area contributed by atoms with Crippen LogP contribution in [-0.2, 0) is 0 Å². The highest BCUT2D eigenvalue weighted by Crippen LogP contribution is 2.27. The monoisotopic (exact) mass is 198 g/mol. The predicted octanol–water partition coefficient (Wildman–Crippen LogP) is 2.24. The minimum Gasteiger partial charge on any atom is -0.330 e. The highest BCUT2D eigenvalue weighted by atomic mass is 15.1. The molecule has 2 heteroatoms. The van der Waals surface area contributed by atoms with Crippen molar-refractivity contribution in [3.8, 4) is 0 Å². The summed E-state index contributed by atoms with van der Waals surface area (Å²) in [5.41, 5.74) is 5.48. The van der Waals surface area contributed by atoms with Crippen LogP contribution in [0.4, 0.5) is 0 Å². The van der Waals surface area contributed by atoms with Gasteiger partial charge >= 0.3 is 0 Å². The van der Waals surface area contributed by atoms with E-state index in [0.29, 0.717) is 0 Å². The van der Waals surface area contributed by atoms with Crippen LogP contribution in [0.1, 0.15) is 45.4 Å². The van der Waals surface area contributed by atoms with Gasteiger partial charge in [-0.25, -0.2) is 0 Å². The molecule has 84 valence electrons. The van der Waals surface area contributed by atoms with Crippen LogP contribution in [0.25, 0.3) is 0 Å². The van der Waals surface area contributed by atoms with Gasteiger partial charge in [0.2, 0.25) is 0 Å². The molecule has 0 radical (unpaired) electrons. The van der Waals surface area contributed by atoms with Crippen molar-refractivity contribution in [2.45, 2.75) is 45.4 Å². The predicted molar refractivity (Wildman–Crippen MR) is 62.4 cm³/mol. The van der Waals surface area contributed by atoms with E-state index in [0.717, 1.165) is 12.5 Å². The van der Waals surface area contributed by atoms with E-state index in [9.17, 15) is 0 Å². The van der Waals surface area contributed by atoms with Gasteiger partial charge in [0.1, 0.15) is 0 Å². The molecule has 0 aromatic carbocycles. The average molecular weight is 198 g/mol. The first-order valence-corrected chi connectivity index (χ1v) is 6.29. The average Bonchev–Trinajstić information content (AvgIpc) is 2.14. The van der Waals surface area contributed by atoms with Crippen molar-refractivity contribution >= 4 is 0 Å². The Labute approximate surface area is 88.8 Å². The van der Waals surface area contributed by atoms with E-state index < -0.39 is 0 Å². The lowest BCUT2D eigenvalue weighted by Crippen LogP contribution is -2.33. The second-order valence-electron chi connectivity index (χ2n) is 4.54. The van der Waals surface area contributed by atoms with E-state index in [1.165, 1.54) is 58.2 Å². The molecule has 0 spiro atoms. The van der Waals surface area contributed by atoms with Crippen molar-refractivity contribution in [3.05, 3.63) is 0 Å². The van der Waals surface area contributed by atoms with Crippen LogP contribution >= 0.6 is 0 Å². The van der Waals surface area contributed by atoms with E-state index in [1.807, 2.05) is 0 Å². The molecule has 0 unspecified atom stereocenters. The SMILES string of the molecule is CCN(CCCCCN)CC1CCC1. The van der Waals surface area contributed by atoms with Crippen LogP contribution in [-0.4, -0.2) is 31.1 Å². The van der Waals surface area contributed by atoms with Crippen molar-refractivity contribution < 1.29 is 0 Å². The molecule has 2 N–H and O–H groups in total. The highest BCUT2D eigenvalue weighted by Gasteiger charge is 2.19. The lowest BCUT2D eigenvalue weighted by atomic mass is 9.85. The Bertz CT molecular complexity index is 132. The lowest BCUT2D eigenvalue weighted by molar-refractivity contribution is 0.181. The second-order valence-corrected chi connectivity index (χ2v) is 4.54. The van der Waals surface area contributed by atoms with Gasteiger partial charge < -0.3 is 10.6 Å². The van der Waals surface area contributed by atoms with Crippen LogP contribution in [0.2, 0.25) is 0 Å². The molecule has 14 heavy (non-hydrogen) atoms. The largest absolute Gasteiger partial charge is 0.330 e. The fraction of sp³-hybridized carbons (Fsp3) is 1.00. The molecule has 2 nitrogen and oxygen atoms in total. The summed E-state index contributed by atoms with van der Waals surface area (Å²) in [5, 5.41) is 0. The number of rotatable bonds is 8. The molecular weight excluding hydrogens is 172 g/mol. The van der Waals surface area contributed by atoms with Crippen LogP contribution in [0.5, 0.6) is 0 Å². The second kappa shape index (κ2) is 7.24. The van der Waals surface area contributed by atoms with Crippen molar-refractivity contribution in [1.82, 2.24) is 4.90 Å². The van der Waals surface area contributed by atoms with E-state index in [1.54, 1.807) is 0 Å². The van der Waals surface area contributed by atoms with Crippen molar-refractivity contribution in [2.75, 3.05) is 26.2 Å². The first-order chi connectivity index (χ1) is 6.86. The summed E-state index contributed by atoms with van der Waals surface area (Å²) < 4.78 is 0. The summed E-state index contributed by atoms with van der Waals surface area (Å²) >= 11 is 0. The zero-order chi connectivity index (χ0) is 10.2. The molecule has 1 aliphatic rings. The van der Waals surface area contributed by atoms with Crippen LogP contribution in [0, 0.1) is 5.92 Å². The van der Waals surface area contributed by atoms with Crippen LogP contribution < -0.4 is 5.73 Å². The minimum absolute atomic E-state index is 0.856. The summed E-state index contributed by atoms with van der Waals surface area (Å²) in [6, 6.07) is 0. The molecule has 0 aromatic heterocycles. The molecule has 0 heterocycles. The third kappa shape index (κ3) is 4.43. The molecule has 0 amide bonds. The van der Waals surface area contributed by atoms with Gasteiger partial charge in [0.25, 0.3) is 0 Å². The van der Waals surface area contributed by atoms with Gasteiger partial charge in [0, 0.05) is 6.54 Å². The molecule has 1 fully saturated rings. The maximum atomic E-state index is 5.48. The quantitative estimate of drug-likeness (QED) is 0.606. The lowest BCUT2D eigenvalue weighted by Gasteiger charge is -2.31. The molecule has 1 rings (SSSR count). The fourth-order valence-electron chi connectivity index (χ4n) is 2.08. The molecule has 1 aliphatic carbocycles. The van der Waals surface area contributed by atoms with Crippen molar-refractivity contribution in [1.29, 1.82) is 0 Å². The van der Waals surface area contributed by atoms with Crippen LogP contribution in [0.15, 0.2) is 0 Å². The molecule has 0 bridgehead atoms. The maximum absolute atomic E-state index is 5.48. The summed E-state index contributed by atoms with van der Waals surface area (Å²) in [4.78, 5) is 2.61. The summed E-state index contributed by atoms with van der Waals surface area (Å²) in [7, 11) is 0. The van der Waals surface area contributed by atoms with Crippen molar-refractivity contribution in [2.24, 2.45) is 11.7 Å². The molecule has 0 aliphatic heterocycles. The Morgan fingerprint density at radius 1 is 1.21 bits per heavy atom. The van der Waals surface area contributed by atoms with Gasteiger partial charge in [-0.05, 0) is 51.2 Å².